The lowest BCUT2D eigenvalue weighted by molar-refractivity contribution is -0.408. The van der Waals surface area contributed by atoms with Crippen molar-refractivity contribution in [1.82, 2.24) is 10.6 Å². The highest BCUT2D eigenvalue weighted by Crippen LogP contribution is 2.37. The standard InChI is InChI=1S/C40H70N2O29/c1-10-20(50)27(57)30(60)37(63-10)70-34-29(59)24(54)17(8-46)66-39(34)69-33-25(55)18(9-62-36-19(42-13(4)48)26(56)23(53)16(7-45)65-36)67-40(35(33)71-38-31(61)28(58)21(51)11(2)64-38)68-32(22(52)15(49)6-44)14(5-43)41-12(3)47/h10-11,14-40,43-46,49-61H,5-9H2,1-4H3,(H,41,47)(H,42,48)/t10-,11-,14-,15+,16+,17+,18+,19+,20+,21+,22-,23+,24-,25-,26+,27+,28+,29-,30-,31-,32+,33-,34+,35+,36+,37-,38-,39-,40-/m0/s1. The molecule has 5 heterocycles. The Balaban J connectivity index is 1.65. The molecule has 19 N–H and O–H groups in total. The van der Waals surface area contributed by atoms with Gasteiger partial charge in [0.25, 0.3) is 0 Å². The molecule has 0 aromatic heterocycles. The quantitative estimate of drug-likeness (QED) is 0.0538. The van der Waals surface area contributed by atoms with Gasteiger partial charge in [-0.15, -0.1) is 0 Å². The maximum Gasteiger partial charge on any atom is 0.217 e. The van der Waals surface area contributed by atoms with Crippen molar-refractivity contribution < 1.29 is 144 Å². The molecule has 0 spiro atoms. The van der Waals surface area contributed by atoms with Crippen molar-refractivity contribution in [2.75, 3.05) is 33.0 Å². The van der Waals surface area contributed by atoms with Crippen molar-refractivity contribution in [1.29, 1.82) is 0 Å². The van der Waals surface area contributed by atoms with Crippen molar-refractivity contribution >= 4 is 11.8 Å². The van der Waals surface area contributed by atoms with Crippen LogP contribution in [0.1, 0.15) is 27.7 Å². The van der Waals surface area contributed by atoms with E-state index in [-0.39, 0.29) is 0 Å². The van der Waals surface area contributed by atoms with Crippen LogP contribution in [0.25, 0.3) is 0 Å². The molecule has 0 aromatic carbocycles. The second-order valence-electron chi connectivity index (χ2n) is 18.0. The van der Waals surface area contributed by atoms with E-state index in [1.165, 1.54) is 13.8 Å². The van der Waals surface area contributed by atoms with Gasteiger partial charge < -0.3 is 145 Å². The van der Waals surface area contributed by atoms with Crippen LogP contribution < -0.4 is 10.6 Å². The summed E-state index contributed by atoms with van der Waals surface area (Å²) in [6, 6.07) is -3.27. The maximum atomic E-state index is 12.4. The Kier molecular flexibility index (Phi) is 21.9. The summed E-state index contributed by atoms with van der Waals surface area (Å²) in [7, 11) is 0. The monoisotopic (exact) mass is 1040 g/mol. The van der Waals surface area contributed by atoms with Gasteiger partial charge in [0.1, 0.15) is 128 Å². The van der Waals surface area contributed by atoms with Crippen LogP contribution in [0.5, 0.6) is 0 Å². The zero-order valence-electron chi connectivity index (χ0n) is 38.8. The summed E-state index contributed by atoms with van der Waals surface area (Å²) < 4.78 is 59.1. The van der Waals surface area contributed by atoms with Gasteiger partial charge in [0, 0.05) is 13.8 Å². The number of carbonyl (C=O) groups excluding carboxylic acids is 2. The molecular formula is C40H70N2O29. The normalized spacial score (nSPS) is 46.1. The van der Waals surface area contributed by atoms with E-state index in [9.17, 15) is 96.4 Å². The van der Waals surface area contributed by atoms with Crippen LogP contribution in [-0.4, -0.2) is 309 Å². The zero-order valence-corrected chi connectivity index (χ0v) is 38.8. The Hall–Kier alpha value is -2.14. The van der Waals surface area contributed by atoms with Crippen LogP contribution in [0.2, 0.25) is 0 Å². The number of rotatable bonds is 20. The first kappa shape index (κ1) is 59.7. The van der Waals surface area contributed by atoms with Gasteiger partial charge in [0.2, 0.25) is 11.8 Å². The number of aliphatic hydroxyl groups is 17. The Morgan fingerprint density at radius 3 is 1.49 bits per heavy atom. The minimum Gasteiger partial charge on any atom is -0.394 e. The third kappa shape index (κ3) is 13.6. The minimum atomic E-state index is -2.27. The van der Waals surface area contributed by atoms with E-state index in [2.05, 4.69) is 10.6 Å². The van der Waals surface area contributed by atoms with Gasteiger partial charge in [0.15, 0.2) is 31.5 Å². The Morgan fingerprint density at radius 2 is 1.00 bits per heavy atom. The molecular weight excluding hydrogens is 972 g/mol. The SMILES string of the molecule is CC(=O)N[C@H]1[C@H](OC[C@H]2O[C@@H](O[C@@H]([C@@H](O)[C@H](O)CO)[C@H](CO)NC(C)=O)[C@H](O[C@@H]3O[C@@H](C)[C@@H](O)[C@@H](O)[C@@H]3O)[C@@H](O[C@@H]3O[C@H](CO)[C@H](O)[C@H](O)[C@H]3O[C@@H]3O[C@@H](C)[C@@H](O)[C@@H](O)[C@@H]3O)[C@H]2O)O[C@H](CO)[C@@H](O)[C@@H]1O. The zero-order chi connectivity index (χ0) is 52.9. The average Bonchev–Trinajstić information content (AvgIpc) is 3.33. The summed E-state index contributed by atoms with van der Waals surface area (Å²) in [5.41, 5.74) is 0. The predicted octanol–water partition coefficient (Wildman–Crippen LogP) is -12.1. The second-order valence-corrected chi connectivity index (χ2v) is 18.0. The number of aliphatic hydroxyl groups excluding tert-OH is 17. The largest absolute Gasteiger partial charge is 0.394 e. The van der Waals surface area contributed by atoms with E-state index in [1.807, 2.05) is 0 Å². The Bertz CT molecular complexity index is 1660. The summed E-state index contributed by atoms with van der Waals surface area (Å²) in [5, 5.41) is 188. The average molecular weight is 1040 g/mol. The number of hydrogen-bond acceptors (Lipinski definition) is 29. The molecule has 29 atom stereocenters. The smallest absolute Gasteiger partial charge is 0.217 e. The molecule has 0 saturated carbocycles. The number of nitrogens with one attached hydrogen (secondary N) is 2. The number of ether oxygens (including phenoxy) is 10. The molecule has 0 unspecified atom stereocenters. The first-order chi connectivity index (χ1) is 33.4. The highest BCUT2D eigenvalue weighted by molar-refractivity contribution is 5.73. The first-order valence-corrected chi connectivity index (χ1v) is 22.7. The predicted molar refractivity (Wildman–Crippen MR) is 222 cm³/mol. The molecule has 0 bridgehead atoms. The van der Waals surface area contributed by atoms with Gasteiger partial charge in [0.05, 0.1) is 51.3 Å². The van der Waals surface area contributed by atoms with Crippen LogP contribution >= 0.6 is 0 Å². The van der Waals surface area contributed by atoms with Crippen molar-refractivity contribution in [3.05, 3.63) is 0 Å². The summed E-state index contributed by atoms with van der Waals surface area (Å²) in [6.07, 6.45) is -52.3. The summed E-state index contributed by atoms with van der Waals surface area (Å²) in [4.78, 5) is 24.6. The lowest BCUT2D eigenvalue weighted by Crippen LogP contribution is -2.69. The van der Waals surface area contributed by atoms with E-state index >= 15 is 0 Å². The molecule has 31 heteroatoms. The van der Waals surface area contributed by atoms with Crippen LogP contribution in [0.3, 0.4) is 0 Å². The molecule has 5 aliphatic rings. The highest BCUT2D eigenvalue weighted by Gasteiger charge is 2.58. The van der Waals surface area contributed by atoms with Crippen molar-refractivity contribution in [2.24, 2.45) is 0 Å². The lowest BCUT2D eigenvalue weighted by atomic mass is 9.95. The molecule has 5 aliphatic heterocycles. The second kappa shape index (κ2) is 26.1. The third-order valence-electron chi connectivity index (χ3n) is 12.8. The lowest BCUT2D eigenvalue weighted by Gasteiger charge is -2.51. The van der Waals surface area contributed by atoms with E-state index in [0.29, 0.717) is 0 Å². The molecule has 414 valence electrons. The van der Waals surface area contributed by atoms with E-state index < -0.39 is 223 Å². The minimum absolute atomic E-state index is 0.757. The summed E-state index contributed by atoms with van der Waals surface area (Å²) >= 11 is 0. The molecule has 5 rings (SSSR count). The van der Waals surface area contributed by atoms with E-state index in [1.54, 1.807) is 0 Å². The Morgan fingerprint density at radius 1 is 0.507 bits per heavy atom. The third-order valence-corrected chi connectivity index (χ3v) is 12.8. The van der Waals surface area contributed by atoms with Crippen LogP contribution in [0, 0.1) is 0 Å². The Labute approximate surface area is 404 Å². The molecule has 5 saturated heterocycles. The van der Waals surface area contributed by atoms with Crippen LogP contribution in [0.4, 0.5) is 0 Å². The summed E-state index contributed by atoms with van der Waals surface area (Å²) in [6.45, 7) is -0.469. The van der Waals surface area contributed by atoms with Crippen LogP contribution in [0.15, 0.2) is 0 Å². The fourth-order valence-corrected chi connectivity index (χ4v) is 8.66. The van der Waals surface area contributed by atoms with Gasteiger partial charge >= 0.3 is 0 Å². The fourth-order valence-electron chi connectivity index (χ4n) is 8.66. The maximum absolute atomic E-state index is 12.4. The molecule has 5 fully saturated rings. The molecule has 71 heavy (non-hydrogen) atoms. The molecule has 2 amide bonds. The van der Waals surface area contributed by atoms with Crippen molar-refractivity contribution in [3.63, 3.8) is 0 Å². The number of amides is 2. The topological polar surface area (TPSA) is 494 Å². The van der Waals surface area contributed by atoms with E-state index in [4.69, 9.17) is 47.4 Å². The van der Waals surface area contributed by atoms with Gasteiger partial charge in [-0.2, -0.15) is 0 Å². The van der Waals surface area contributed by atoms with Gasteiger partial charge in [-0.05, 0) is 13.8 Å². The van der Waals surface area contributed by atoms with Gasteiger partial charge in [-0.25, -0.2) is 0 Å². The summed E-state index contributed by atoms with van der Waals surface area (Å²) in [5.74, 6) is -1.59. The molecule has 0 radical (unpaired) electrons. The molecule has 31 nitrogen and oxygen atoms in total. The number of hydrogen-bond donors (Lipinski definition) is 19. The van der Waals surface area contributed by atoms with Gasteiger partial charge in [-0.3, -0.25) is 9.59 Å². The van der Waals surface area contributed by atoms with Gasteiger partial charge in [-0.1, -0.05) is 0 Å². The van der Waals surface area contributed by atoms with E-state index in [0.717, 1.165) is 13.8 Å². The molecule has 0 aromatic rings. The van der Waals surface area contributed by atoms with Crippen LogP contribution in [-0.2, 0) is 57.0 Å². The highest BCUT2D eigenvalue weighted by atomic mass is 16.8. The van der Waals surface area contributed by atoms with Crippen molar-refractivity contribution in [2.45, 2.75) is 206 Å². The number of carbonyl (C=O) groups is 2. The fraction of sp³-hybridized carbons (Fsp3) is 0.950. The molecule has 0 aliphatic carbocycles. The van der Waals surface area contributed by atoms with Crippen molar-refractivity contribution in [3.8, 4) is 0 Å². The first-order valence-electron chi connectivity index (χ1n) is 22.7.